The molecule has 0 aliphatic heterocycles. The van der Waals surface area contributed by atoms with Gasteiger partial charge in [0.25, 0.3) is 0 Å². The first-order chi connectivity index (χ1) is 6.67. The van der Waals surface area contributed by atoms with Crippen molar-refractivity contribution in [3.63, 3.8) is 0 Å². The zero-order valence-electron chi connectivity index (χ0n) is 8.42. The minimum Gasteiger partial charge on any atom is -0.302 e. The van der Waals surface area contributed by atoms with Crippen LogP contribution in [0.1, 0.15) is 18.1 Å². The van der Waals surface area contributed by atoms with E-state index in [0.29, 0.717) is 6.54 Å². The molecule has 0 atom stereocenters. The average molecular weight is 192 g/mol. The number of hydrogen-bond donors (Lipinski definition) is 0. The number of nitriles is 1. The van der Waals surface area contributed by atoms with Crippen LogP contribution in [0.25, 0.3) is 0 Å². The molecule has 3 heteroatoms. The highest BCUT2D eigenvalue weighted by molar-refractivity contribution is 5.33. The summed E-state index contributed by atoms with van der Waals surface area (Å²) in [6, 6.07) is 6.53. The van der Waals surface area contributed by atoms with Crippen molar-refractivity contribution in [1.29, 1.82) is 5.26 Å². The Morgan fingerprint density at radius 3 is 2.71 bits per heavy atom. The van der Waals surface area contributed by atoms with Crippen LogP contribution in [-0.4, -0.2) is 18.5 Å². The van der Waals surface area contributed by atoms with Crippen molar-refractivity contribution in [3.05, 3.63) is 35.1 Å². The third-order valence-corrected chi connectivity index (χ3v) is 2.15. The van der Waals surface area contributed by atoms with Gasteiger partial charge in [0, 0.05) is 6.54 Å². The standard InChI is InChI=1S/C11H13FN2/c1-3-14(2)8-9-4-5-10(7-13)11(12)6-9/h4-6H,3,8H2,1-2H3. The van der Waals surface area contributed by atoms with Gasteiger partial charge in [-0.1, -0.05) is 13.0 Å². The Labute approximate surface area is 83.6 Å². The van der Waals surface area contributed by atoms with Crippen LogP contribution in [0.3, 0.4) is 0 Å². The average Bonchev–Trinajstić information content (AvgIpc) is 2.18. The van der Waals surface area contributed by atoms with Gasteiger partial charge in [0.05, 0.1) is 5.56 Å². The molecule has 0 fully saturated rings. The molecule has 0 unspecified atom stereocenters. The fourth-order valence-corrected chi connectivity index (χ4v) is 1.17. The van der Waals surface area contributed by atoms with E-state index in [1.807, 2.05) is 14.0 Å². The molecule has 2 nitrogen and oxygen atoms in total. The van der Waals surface area contributed by atoms with Gasteiger partial charge in [0.15, 0.2) is 0 Å². The lowest BCUT2D eigenvalue weighted by Crippen LogP contribution is -2.16. The lowest BCUT2D eigenvalue weighted by atomic mass is 10.1. The third-order valence-electron chi connectivity index (χ3n) is 2.15. The molecule has 0 spiro atoms. The Kier molecular flexibility index (Phi) is 3.61. The summed E-state index contributed by atoms with van der Waals surface area (Å²) >= 11 is 0. The Hall–Kier alpha value is -1.40. The summed E-state index contributed by atoms with van der Waals surface area (Å²) in [7, 11) is 1.97. The minimum atomic E-state index is -0.436. The maximum Gasteiger partial charge on any atom is 0.141 e. The van der Waals surface area contributed by atoms with E-state index in [9.17, 15) is 4.39 Å². The van der Waals surface area contributed by atoms with Gasteiger partial charge in [-0.15, -0.1) is 0 Å². The topological polar surface area (TPSA) is 27.0 Å². The SMILES string of the molecule is CCN(C)Cc1ccc(C#N)c(F)c1. The first-order valence-corrected chi connectivity index (χ1v) is 4.54. The smallest absolute Gasteiger partial charge is 0.141 e. The van der Waals surface area contributed by atoms with E-state index < -0.39 is 5.82 Å². The van der Waals surface area contributed by atoms with E-state index in [-0.39, 0.29) is 5.56 Å². The molecule has 0 N–H and O–H groups in total. The number of rotatable bonds is 3. The van der Waals surface area contributed by atoms with E-state index in [1.54, 1.807) is 12.1 Å². The highest BCUT2D eigenvalue weighted by Gasteiger charge is 2.03. The second-order valence-corrected chi connectivity index (χ2v) is 3.26. The molecule has 0 aliphatic rings. The van der Waals surface area contributed by atoms with E-state index in [1.165, 1.54) is 12.1 Å². The molecule has 0 saturated heterocycles. The predicted octanol–water partition coefficient (Wildman–Crippen LogP) is 2.15. The maximum absolute atomic E-state index is 13.2. The zero-order valence-corrected chi connectivity index (χ0v) is 8.42. The Morgan fingerprint density at radius 1 is 1.50 bits per heavy atom. The van der Waals surface area contributed by atoms with Gasteiger partial charge in [-0.25, -0.2) is 4.39 Å². The van der Waals surface area contributed by atoms with Crippen LogP contribution in [0.5, 0.6) is 0 Å². The molecule has 0 amide bonds. The van der Waals surface area contributed by atoms with E-state index in [2.05, 4.69) is 4.90 Å². The number of halogens is 1. The number of hydrogen-bond acceptors (Lipinski definition) is 2. The molecule has 1 aromatic carbocycles. The lowest BCUT2D eigenvalue weighted by Gasteiger charge is -2.13. The maximum atomic E-state index is 13.2. The number of nitrogens with zero attached hydrogens (tertiary/aromatic N) is 2. The van der Waals surface area contributed by atoms with Gasteiger partial charge in [0.2, 0.25) is 0 Å². The summed E-state index contributed by atoms with van der Waals surface area (Å²) in [6.45, 7) is 3.67. The molecule has 1 aromatic rings. The van der Waals surface area contributed by atoms with Crippen molar-refractivity contribution in [2.75, 3.05) is 13.6 Å². The highest BCUT2D eigenvalue weighted by Crippen LogP contribution is 2.10. The first-order valence-electron chi connectivity index (χ1n) is 4.54. The second-order valence-electron chi connectivity index (χ2n) is 3.26. The molecule has 14 heavy (non-hydrogen) atoms. The molecule has 0 radical (unpaired) electrons. The fraction of sp³-hybridized carbons (Fsp3) is 0.364. The van der Waals surface area contributed by atoms with Crippen molar-refractivity contribution in [1.82, 2.24) is 4.90 Å². The molecule has 1 rings (SSSR count). The van der Waals surface area contributed by atoms with E-state index >= 15 is 0 Å². The van der Waals surface area contributed by atoms with Gasteiger partial charge in [-0.2, -0.15) is 5.26 Å². The van der Waals surface area contributed by atoms with Crippen LogP contribution in [0.4, 0.5) is 4.39 Å². The minimum absolute atomic E-state index is 0.105. The zero-order chi connectivity index (χ0) is 10.6. The predicted molar refractivity (Wildman–Crippen MR) is 53.1 cm³/mol. The van der Waals surface area contributed by atoms with Crippen LogP contribution < -0.4 is 0 Å². The van der Waals surface area contributed by atoms with E-state index in [4.69, 9.17) is 5.26 Å². The molecule has 0 aromatic heterocycles. The van der Waals surface area contributed by atoms with Crippen molar-refractivity contribution in [2.24, 2.45) is 0 Å². The van der Waals surface area contributed by atoms with Crippen molar-refractivity contribution >= 4 is 0 Å². The summed E-state index contributed by atoms with van der Waals surface area (Å²) in [5.74, 6) is -0.436. The summed E-state index contributed by atoms with van der Waals surface area (Å²) in [5, 5.41) is 8.54. The molecule has 0 bridgehead atoms. The van der Waals surface area contributed by atoms with Gasteiger partial charge in [-0.05, 0) is 31.3 Å². The normalized spacial score (nSPS) is 10.2. The number of benzene rings is 1. The van der Waals surface area contributed by atoms with Gasteiger partial charge >= 0.3 is 0 Å². The van der Waals surface area contributed by atoms with Crippen LogP contribution in [-0.2, 0) is 6.54 Å². The summed E-state index contributed by atoms with van der Waals surface area (Å²) in [6.07, 6.45) is 0. The van der Waals surface area contributed by atoms with Crippen molar-refractivity contribution < 1.29 is 4.39 Å². The lowest BCUT2D eigenvalue weighted by molar-refractivity contribution is 0.345. The first kappa shape index (κ1) is 10.7. The molecule has 74 valence electrons. The van der Waals surface area contributed by atoms with Gasteiger partial charge in [0.1, 0.15) is 11.9 Å². The summed E-state index contributed by atoms with van der Waals surface area (Å²) in [5.41, 5.74) is 0.999. The van der Waals surface area contributed by atoms with Crippen LogP contribution >= 0.6 is 0 Å². The second kappa shape index (κ2) is 4.73. The highest BCUT2D eigenvalue weighted by atomic mass is 19.1. The summed E-state index contributed by atoms with van der Waals surface area (Å²) < 4.78 is 13.2. The third kappa shape index (κ3) is 2.54. The molecular weight excluding hydrogens is 179 g/mol. The molecule has 0 saturated carbocycles. The molecule has 0 heterocycles. The largest absolute Gasteiger partial charge is 0.302 e. The Morgan fingerprint density at radius 2 is 2.21 bits per heavy atom. The Bertz CT molecular complexity index is 355. The van der Waals surface area contributed by atoms with Crippen LogP contribution in [0.15, 0.2) is 18.2 Å². The Balaban J connectivity index is 2.82. The van der Waals surface area contributed by atoms with Crippen LogP contribution in [0.2, 0.25) is 0 Å². The van der Waals surface area contributed by atoms with Crippen LogP contribution in [0, 0.1) is 17.1 Å². The van der Waals surface area contributed by atoms with Crippen molar-refractivity contribution in [3.8, 4) is 6.07 Å². The molecular formula is C11H13FN2. The fourth-order valence-electron chi connectivity index (χ4n) is 1.17. The quantitative estimate of drug-likeness (QED) is 0.733. The monoisotopic (exact) mass is 192 g/mol. The molecule has 0 aliphatic carbocycles. The van der Waals surface area contributed by atoms with Crippen molar-refractivity contribution in [2.45, 2.75) is 13.5 Å². The van der Waals surface area contributed by atoms with E-state index in [0.717, 1.165) is 12.1 Å². The van der Waals surface area contributed by atoms with Gasteiger partial charge < -0.3 is 4.90 Å². The summed E-state index contributed by atoms with van der Waals surface area (Å²) in [4.78, 5) is 2.07. The van der Waals surface area contributed by atoms with Gasteiger partial charge in [-0.3, -0.25) is 0 Å².